The van der Waals surface area contributed by atoms with Gasteiger partial charge >= 0.3 is 0 Å². The van der Waals surface area contributed by atoms with Crippen LogP contribution in [0.4, 0.5) is 0 Å². The molecule has 0 bridgehead atoms. The monoisotopic (exact) mass is 195 g/mol. The fourth-order valence-electron chi connectivity index (χ4n) is 2.74. The van der Waals surface area contributed by atoms with Crippen LogP contribution in [0.3, 0.4) is 0 Å². The lowest BCUT2D eigenvalue weighted by Crippen LogP contribution is -2.38. The van der Waals surface area contributed by atoms with E-state index in [0.29, 0.717) is 0 Å². The Morgan fingerprint density at radius 1 is 1.21 bits per heavy atom. The minimum absolute atomic E-state index is 0.723. The minimum atomic E-state index is 0.723. The fourth-order valence-corrected chi connectivity index (χ4v) is 2.74. The Bertz CT molecular complexity index is 185. The van der Waals surface area contributed by atoms with Crippen LogP contribution >= 0.6 is 0 Å². The molecule has 1 aliphatic heterocycles. The molecule has 0 amide bonds. The van der Waals surface area contributed by atoms with Gasteiger partial charge in [-0.2, -0.15) is 0 Å². The summed E-state index contributed by atoms with van der Waals surface area (Å²) in [4.78, 5) is 2.72. The Morgan fingerprint density at radius 3 is 2.21 bits per heavy atom. The maximum absolute atomic E-state index is 2.72. The zero-order valence-corrected chi connectivity index (χ0v) is 10.1. The molecular weight excluding hydrogens is 170 g/mol. The summed E-state index contributed by atoms with van der Waals surface area (Å²) in [6.07, 6.45) is 5.82. The molecular formula is C13H25N. The van der Waals surface area contributed by atoms with Crippen molar-refractivity contribution in [3.8, 4) is 0 Å². The molecule has 0 aromatic rings. The van der Waals surface area contributed by atoms with Gasteiger partial charge in [-0.05, 0) is 56.0 Å². The molecule has 0 radical (unpaired) electrons. The third kappa shape index (κ3) is 2.13. The van der Waals surface area contributed by atoms with Crippen molar-refractivity contribution in [2.45, 2.75) is 46.5 Å². The van der Waals surface area contributed by atoms with Gasteiger partial charge in [-0.3, -0.25) is 0 Å². The Labute approximate surface area is 88.9 Å². The van der Waals surface area contributed by atoms with Crippen LogP contribution in [0, 0.1) is 17.3 Å². The number of rotatable bonds is 3. The summed E-state index contributed by atoms with van der Waals surface area (Å²) in [6, 6.07) is 0. The first-order valence-corrected chi connectivity index (χ1v) is 6.35. The first-order chi connectivity index (χ1) is 6.62. The lowest BCUT2D eigenvalue weighted by atomic mass is 9.90. The minimum Gasteiger partial charge on any atom is -0.303 e. The number of hydrogen-bond donors (Lipinski definition) is 0. The smallest absolute Gasteiger partial charge is 0.00404 e. The van der Waals surface area contributed by atoms with E-state index in [-0.39, 0.29) is 0 Å². The summed E-state index contributed by atoms with van der Waals surface area (Å²) in [7, 11) is 0. The van der Waals surface area contributed by atoms with Crippen molar-refractivity contribution in [3.63, 3.8) is 0 Å². The van der Waals surface area contributed by atoms with Crippen LogP contribution in [0.25, 0.3) is 0 Å². The summed E-state index contributed by atoms with van der Waals surface area (Å²) in [6.45, 7) is 11.3. The molecule has 0 spiro atoms. The topological polar surface area (TPSA) is 3.24 Å². The highest BCUT2D eigenvalue weighted by Gasteiger charge is 2.46. The molecule has 2 fully saturated rings. The predicted molar refractivity (Wildman–Crippen MR) is 61.3 cm³/mol. The second-order valence-electron chi connectivity index (χ2n) is 5.98. The first kappa shape index (κ1) is 10.5. The molecule has 0 unspecified atom stereocenters. The molecule has 1 aliphatic carbocycles. The van der Waals surface area contributed by atoms with Crippen LogP contribution in [-0.4, -0.2) is 24.5 Å². The number of hydrogen-bond acceptors (Lipinski definition) is 1. The predicted octanol–water partition coefficient (Wildman–Crippen LogP) is 3.15. The van der Waals surface area contributed by atoms with E-state index in [4.69, 9.17) is 0 Å². The molecule has 0 aromatic carbocycles. The van der Waals surface area contributed by atoms with Gasteiger partial charge in [0.25, 0.3) is 0 Å². The van der Waals surface area contributed by atoms with Crippen LogP contribution in [0.15, 0.2) is 0 Å². The van der Waals surface area contributed by atoms with Crippen molar-refractivity contribution in [2.24, 2.45) is 17.3 Å². The Hall–Kier alpha value is -0.0400. The maximum atomic E-state index is 2.72. The highest BCUT2D eigenvalue weighted by Crippen LogP contribution is 2.52. The standard InChI is InChI=1S/C13H25N/c1-11(2)13(6-7-13)10-14-8-4-12(3)5-9-14/h11-12H,4-10H2,1-3H3. The van der Waals surface area contributed by atoms with E-state index in [1.807, 2.05) is 0 Å². The lowest BCUT2D eigenvalue weighted by molar-refractivity contribution is 0.140. The zero-order valence-electron chi connectivity index (χ0n) is 10.1. The molecule has 1 saturated heterocycles. The van der Waals surface area contributed by atoms with Crippen molar-refractivity contribution >= 4 is 0 Å². The van der Waals surface area contributed by atoms with Gasteiger partial charge in [-0.25, -0.2) is 0 Å². The highest BCUT2D eigenvalue weighted by atomic mass is 15.1. The van der Waals surface area contributed by atoms with Gasteiger partial charge in [0.1, 0.15) is 0 Å². The summed E-state index contributed by atoms with van der Waals surface area (Å²) >= 11 is 0. The molecule has 2 aliphatic rings. The highest BCUT2D eigenvalue weighted by molar-refractivity contribution is 4.98. The van der Waals surface area contributed by atoms with Gasteiger partial charge < -0.3 is 4.90 Å². The molecule has 0 aromatic heterocycles. The zero-order chi connectivity index (χ0) is 10.2. The third-order valence-electron chi connectivity index (χ3n) is 4.53. The van der Waals surface area contributed by atoms with Crippen molar-refractivity contribution in [1.82, 2.24) is 4.90 Å². The largest absolute Gasteiger partial charge is 0.303 e. The average Bonchev–Trinajstić information content (AvgIpc) is 2.90. The summed E-state index contributed by atoms with van der Waals surface area (Å²) in [5.41, 5.74) is 0.723. The number of piperidine rings is 1. The van der Waals surface area contributed by atoms with E-state index >= 15 is 0 Å². The average molecular weight is 195 g/mol. The molecule has 0 atom stereocenters. The number of likely N-dealkylation sites (tertiary alicyclic amines) is 1. The Morgan fingerprint density at radius 2 is 1.79 bits per heavy atom. The van der Waals surface area contributed by atoms with Gasteiger partial charge in [-0.15, -0.1) is 0 Å². The summed E-state index contributed by atoms with van der Waals surface area (Å²) in [5.74, 6) is 1.86. The molecule has 82 valence electrons. The molecule has 0 N–H and O–H groups in total. The summed E-state index contributed by atoms with van der Waals surface area (Å²) < 4.78 is 0. The van der Waals surface area contributed by atoms with Crippen LogP contribution in [-0.2, 0) is 0 Å². The van der Waals surface area contributed by atoms with E-state index in [2.05, 4.69) is 25.7 Å². The molecule has 1 heterocycles. The van der Waals surface area contributed by atoms with Crippen molar-refractivity contribution in [2.75, 3.05) is 19.6 Å². The van der Waals surface area contributed by atoms with E-state index < -0.39 is 0 Å². The van der Waals surface area contributed by atoms with Crippen LogP contribution in [0.2, 0.25) is 0 Å². The van der Waals surface area contributed by atoms with Gasteiger partial charge in [0.2, 0.25) is 0 Å². The Balaban J connectivity index is 1.81. The van der Waals surface area contributed by atoms with Gasteiger partial charge in [-0.1, -0.05) is 20.8 Å². The van der Waals surface area contributed by atoms with Crippen molar-refractivity contribution in [1.29, 1.82) is 0 Å². The van der Waals surface area contributed by atoms with E-state index in [9.17, 15) is 0 Å². The van der Waals surface area contributed by atoms with E-state index in [1.165, 1.54) is 45.3 Å². The van der Waals surface area contributed by atoms with Gasteiger partial charge in [0.15, 0.2) is 0 Å². The van der Waals surface area contributed by atoms with Crippen LogP contribution in [0.5, 0.6) is 0 Å². The maximum Gasteiger partial charge on any atom is 0.00404 e. The molecule has 1 nitrogen and oxygen atoms in total. The van der Waals surface area contributed by atoms with Crippen LogP contribution in [0.1, 0.15) is 46.5 Å². The number of nitrogens with zero attached hydrogens (tertiary/aromatic N) is 1. The second-order valence-corrected chi connectivity index (χ2v) is 5.98. The fraction of sp³-hybridized carbons (Fsp3) is 1.00. The third-order valence-corrected chi connectivity index (χ3v) is 4.53. The molecule has 1 heteroatoms. The lowest BCUT2D eigenvalue weighted by Gasteiger charge is -2.34. The quantitative estimate of drug-likeness (QED) is 0.668. The second kappa shape index (κ2) is 3.84. The normalized spacial score (nSPS) is 28.3. The van der Waals surface area contributed by atoms with E-state index in [0.717, 1.165) is 17.3 Å². The van der Waals surface area contributed by atoms with Crippen LogP contribution < -0.4 is 0 Å². The molecule has 1 saturated carbocycles. The van der Waals surface area contributed by atoms with Gasteiger partial charge in [0.05, 0.1) is 0 Å². The van der Waals surface area contributed by atoms with Crippen molar-refractivity contribution < 1.29 is 0 Å². The van der Waals surface area contributed by atoms with Crippen molar-refractivity contribution in [3.05, 3.63) is 0 Å². The SMILES string of the molecule is CC1CCN(CC2(C(C)C)CC2)CC1. The Kier molecular flexibility index (Phi) is 2.88. The molecule has 14 heavy (non-hydrogen) atoms. The first-order valence-electron chi connectivity index (χ1n) is 6.35. The summed E-state index contributed by atoms with van der Waals surface area (Å²) in [5, 5.41) is 0. The van der Waals surface area contributed by atoms with Gasteiger partial charge in [0, 0.05) is 6.54 Å². The molecule has 2 rings (SSSR count). The van der Waals surface area contributed by atoms with E-state index in [1.54, 1.807) is 0 Å².